The Balaban J connectivity index is 1.56. The lowest BCUT2D eigenvalue weighted by Crippen LogP contribution is -2.16. The Labute approximate surface area is 197 Å². The van der Waals surface area contributed by atoms with E-state index in [0.29, 0.717) is 41.7 Å². The fraction of sp³-hybridized carbons (Fsp3) is 0.269. The highest BCUT2D eigenvalue weighted by atomic mass is 35.5. The molecule has 0 unspecified atom stereocenters. The van der Waals surface area contributed by atoms with Crippen molar-refractivity contribution in [1.29, 1.82) is 0 Å². The zero-order chi connectivity index (χ0) is 23.8. The van der Waals surface area contributed by atoms with Gasteiger partial charge in [-0.25, -0.2) is 4.39 Å². The average molecular weight is 473 g/mol. The molecule has 0 amide bonds. The number of ether oxygens (including phenoxy) is 3. The molecule has 0 fully saturated rings. The second-order valence-electron chi connectivity index (χ2n) is 7.67. The van der Waals surface area contributed by atoms with Crippen molar-refractivity contribution in [2.45, 2.75) is 39.2 Å². The van der Waals surface area contributed by atoms with Gasteiger partial charge >= 0.3 is 5.97 Å². The van der Waals surface area contributed by atoms with Crippen LogP contribution in [0.5, 0.6) is 23.0 Å². The molecule has 3 aromatic rings. The molecular formula is C26H26ClFO5. The highest BCUT2D eigenvalue weighted by Crippen LogP contribution is 2.35. The molecule has 1 N–H and O–H groups in total. The first-order chi connectivity index (χ1) is 15.8. The Bertz CT molecular complexity index is 1100. The number of para-hydroxylation sites is 1. The zero-order valence-electron chi connectivity index (χ0n) is 18.5. The highest BCUT2D eigenvalue weighted by Gasteiger charge is 2.14. The van der Waals surface area contributed by atoms with Gasteiger partial charge in [-0.3, -0.25) is 4.79 Å². The van der Waals surface area contributed by atoms with Crippen LogP contribution in [-0.4, -0.2) is 23.8 Å². The summed E-state index contributed by atoms with van der Waals surface area (Å²) >= 11 is 6.09. The van der Waals surface area contributed by atoms with Crippen LogP contribution in [0.25, 0.3) is 0 Å². The third-order valence-electron chi connectivity index (χ3n) is 5.01. The third kappa shape index (κ3) is 7.39. The van der Waals surface area contributed by atoms with Gasteiger partial charge in [0.2, 0.25) is 0 Å². The summed E-state index contributed by atoms with van der Waals surface area (Å²) in [4.78, 5) is 10.8. The summed E-state index contributed by atoms with van der Waals surface area (Å²) in [5.74, 6) is 0.291. The molecule has 3 aromatic carbocycles. The van der Waals surface area contributed by atoms with Crippen LogP contribution in [0.2, 0.25) is 5.02 Å². The van der Waals surface area contributed by atoms with Crippen molar-refractivity contribution in [3.05, 3.63) is 82.6 Å². The molecule has 7 heteroatoms. The van der Waals surface area contributed by atoms with Crippen LogP contribution < -0.4 is 14.2 Å². The van der Waals surface area contributed by atoms with E-state index in [1.807, 2.05) is 32.0 Å². The molecule has 0 aliphatic carbocycles. The number of halogens is 2. The van der Waals surface area contributed by atoms with Crippen LogP contribution in [0.3, 0.4) is 0 Å². The van der Waals surface area contributed by atoms with Crippen molar-refractivity contribution in [2.24, 2.45) is 0 Å². The van der Waals surface area contributed by atoms with Gasteiger partial charge in [-0.2, -0.15) is 0 Å². The number of carbonyl (C=O) groups is 1. The molecule has 0 bridgehead atoms. The lowest BCUT2D eigenvalue weighted by Gasteiger charge is -2.18. The van der Waals surface area contributed by atoms with Gasteiger partial charge in [0, 0.05) is 23.9 Å². The molecule has 0 spiro atoms. The van der Waals surface area contributed by atoms with Crippen LogP contribution in [0.15, 0.2) is 60.7 Å². The Morgan fingerprint density at radius 2 is 1.85 bits per heavy atom. The number of aryl methyl sites for hydroxylation is 2. The first kappa shape index (κ1) is 24.4. The summed E-state index contributed by atoms with van der Waals surface area (Å²) in [7, 11) is 0. The molecule has 0 heterocycles. The van der Waals surface area contributed by atoms with E-state index >= 15 is 0 Å². The van der Waals surface area contributed by atoms with Crippen LogP contribution in [0.4, 0.5) is 4.39 Å². The number of hydrogen-bond donors (Lipinski definition) is 1. The van der Waals surface area contributed by atoms with Crippen LogP contribution >= 0.6 is 11.6 Å². The normalized spacial score (nSPS) is 11.6. The summed E-state index contributed by atoms with van der Waals surface area (Å²) < 4.78 is 31.5. The van der Waals surface area contributed by atoms with Crippen molar-refractivity contribution in [3.63, 3.8) is 0 Å². The fourth-order valence-electron chi connectivity index (χ4n) is 3.20. The standard InChI is InChI=1S/C26H26ClFO5/c1-17-15-21(10-7-19(17)8-12-26(29)30)31-14-13-18(2)32-24-11-9-20(27)16-25(24)33-23-6-4-3-5-22(23)28/h3-7,9-11,15-16,18H,8,12-14H2,1-2H3,(H,29,30)/t18-/m0/s1. The maximum absolute atomic E-state index is 14.0. The van der Waals surface area contributed by atoms with Gasteiger partial charge in [-0.1, -0.05) is 29.8 Å². The minimum absolute atomic E-state index is 0.0859. The van der Waals surface area contributed by atoms with E-state index in [1.54, 1.807) is 30.3 Å². The summed E-state index contributed by atoms with van der Waals surface area (Å²) in [6.07, 6.45) is 0.986. The molecule has 1 atom stereocenters. The lowest BCUT2D eigenvalue weighted by molar-refractivity contribution is -0.136. The molecule has 0 aliphatic rings. The zero-order valence-corrected chi connectivity index (χ0v) is 19.3. The number of rotatable bonds is 11. The van der Waals surface area contributed by atoms with E-state index in [-0.39, 0.29) is 18.3 Å². The number of benzene rings is 3. The van der Waals surface area contributed by atoms with Gasteiger partial charge in [0.1, 0.15) is 5.75 Å². The third-order valence-corrected chi connectivity index (χ3v) is 5.24. The van der Waals surface area contributed by atoms with Gasteiger partial charge in [-0.15, -0.1) is 0 Å². The molecule has 0 saturated heterocycles. The number of hydrogen-bond acceptors (Lipinski definition) is 4. The topological polar surface area (TPSA) is 65.0 Å². The maximum Gasteiger partial charge on any atom is 0.303 e. The monoisotopic (exact) mass is 472 g/mol. The quantitative estimate of drug-likeness (QED) is 0.331. The van der Waals surface area contributed by atoms with Gasteiger partial charge in [0.15, 0.2) is 23.1 Å². The van der Waals surface area contributed by atoms with Crippen molar-refractivity contribution >= 4 is 17.6 Å². The Hall–Kier alpha value is -3.25. The predicted molar refractivity (Wildman–Crippen MR) is 125 cm³/mol. The second kappa shape index (κ2) is 11.6. The molecule has 0 aromatic heterocycles. The number of carboxylic acids is 1. The van der Waals surface area contributed by atoms with Gasteiger partial charge in [0.25, 0.3) is 0 Å². The number of aliphatic carboxylic acids is 1. The first-order valence-corrected chi connectivity index (χ1v) is 11.0. The van der Waals surface area contributed by atoms with Crippen LogP contribution in [0.1, 0.15) is 30.9 Å². The Morgan fingerprint density at radius 3 is 2.58 bits per heavy atom. The Morgan fingerprint density at radius 1 is 1.06 bits per heavy atom. The van der Waals surface area contributed by atoms with Crippen molar-refractivity contribution in [1.82, 2.24) is 0 Å². The maximum atomic E-state index is 14.0. The van der Waals surface area contributed by atoms with Gasteiger partial charge < -0.3 is 19.3 Å². The van der Waals surface area contributed by atoms with E-state index in [1.165, 1.54) is 12.1 Å². The Kier molecular flexibility index (Phi) is 8.55. The summed E-state index contributed by atoms with van der Waals surface area (Å²) in [5.41, 5.74) is 1.99. The van der Waals surface area contributed by atoms with E-state index < -0.39 is 11.8 Å². The van der Waals surface area contributed by atoms with Gasteiger partial charge in [-0.05, 0) is 67.8 Å². The SMILES string of the molecule is Cc1cc(OCC[C@H](C)Oc2ccc(Cl)cc2Oc2ccccc2F)ccc1CCC(=O)O. The van der Waals surface area contributed by atoms with E-state index in [0.717, 1.165) is 11.1 Å². The molecule has 0 aliphatic heterocycles. The molecular weight excluding hydrogens is 447 g/mol. The van der Waals surface area contributed by atoms with Crippen molar-refractivity contribution < 1.29 is 28.5 Å². The molecule has 5 nitrogen and oxygen atoms in total. The van der Waals surface area contributed by atoms with Crippen molar-refractivity contribution in [2.75, 3.05) is 6.61 Å². The summed E-state index contributed by atoms with van der Waals surface area (Å²) in [6, 6.07) is 16.7. The predicted octanol–water partition coefficient (Wildman–Crippen LogP) is 6.83. The fourth-order valence-corrected chi connectivity index (χ4v) is 3.37. The molecule has 33 heavy (non-hydrogen) atoms. The van der Waals surface area contributed by atoms with Gasteiger partial charge in [0.05, 0.1) is 12.7 Å². The largest absolute Gasteiger partial charge is 0.493 e. The smallest absolute Gasteiger partial charge is 0.303 e. The van der Waals surface area contributed by atoms with E-state index in [2.05, 4.69) is 0 Å². The average Bonchev–Trinajstić information content (AvgIpc) is 2.76. The minimum Gasteiger partial charge on any atom is -0.493 e. The summed E-state index contributed by atoms with van der Waals surface area (Å²) in [5, 5.41) is 9.29. The van der Waals surface area contributed by atoms with Crippen LogP contribution in [0, 0.1) is 12.7 Å². The molecule has 3 rings (SSSR count). The van der Waals surface area contributed by atoms with Crippen LogP contribution in [-0.2, 0) is 11.2 Å². The minimum atomic E-state index is -0.813. The molecule has 174 valence electrons. The molecule has 0 radical (unpaired) electrons. The highest BCUT2D eigenvalue weighted by molar-refractivity contribution is 6.30. The first-order valence-electron chi connectivity index (χ1n) is 10.6. The number of carboxylic acid groups (broad SMARTS) is 1. The lowest BCUT2D eigenvalue weighted by atomic mass is 10.0. The van der Waals surface area contributed by atoms with E-state index in [9.17, 15) is 9.18 Å². The summed E-state index contributed by atoms with van der Waals surface area (Å²) in [6.45, 7) is 4.27. The van der Waals surface area contributed by atoms with E-state index in [4.69, 9.17) is 30.9 Å². The van der Waals surface area contributed by atoms with Crippen molar-refractivity contribution in [3.8, 4) is 23.0 Å². The molecule has 0 saturated carbocycles. The second-order valence-corrected chi connectivity index (χ2v) is 8.11.